The molecule has 2 unspecified atom stereocenters. The predicted octanol–water partition coefficient (Wildman–Crippen LogP) is 2.26. The van der Waals surface area contributed by atoms with Crippen molar-refractivity contribution in [3.8, 4) is 0 Å². The van der Waals surface area contributed by atoms with Crippen LogP contribution in [-0.2, 0) is 4.79 Å². The number of ketones is 1. The first-order valence-electron chi connectivity index (χ1n) is 5.03. The Kier molecular flexibility index (Phi) is 0.897. The van der Waals surface area contributed by atoms with Gasteiger partial charge in [-0.1, -0.05) is 20.8 Å². The van der Waals surface area contributed by atoms with Crippen LogP contribution in [0.2, 0.25) is 0 Å². The third kappa shape index (κ3) is 0.399. The number of rotatable bonds is 0. The van der Waals surface area contributed by atoms with Crippen LogP contribution in [0.25, 0.3) is 0 Å². The minimum Gasteiger partial charge on any atom is -0.299 e. The Labute approximate surface area is 73.5 Å². The summed E-state index contributed by atoms with van der Waals surface area (Å²) in [5.41, 5.74) is 0.824. The Hall–Kier alpha value is -0.330. The van der Waals surface area contributed by atoms with Gasteiger partial charge in [0.05, 0.1) is 0 Å². The lowest BCUT2D eigenvalue weighted by Crippen LogP contribution is -2.56. The molecule has 0 aromatic carbocycles. The molecule has 0 aromatic rings. The molecule has 0 aromatic heterocycles. The number of hydrogen-bond acceptors (Lipinski definition) is 1. The van der Waals surface area contributed by atoms with E-state index in [-0.39, 0.29) is 0 Å². The summed E-state index contributed by atoms with van der Waals surface area (Å²) in [6, 6.07) is 0. The first-order valence-corrected chi connectivity index (χ1v) is 5.03. The molecule has 3 fully saturated rings. The molecular weight excluding hydrogens is 148 g/mol. The summed E-state index contributed by atoms with van der Waals surface area (Å²) in [4.78, 5) is 11.6. The van der Waals surface area contributed by atoms with E-state index in [0.717, 1.165) is 5.92 Å². The molecule has 0 amide bonds. The summed E-state index contributed by atoms with van der Waals surface area (Å²) in [6.07, 6.45) is 2.39. The topological polar surface area (TPSA) is 17.1 Å². The molecule has 12 heavy (non-hydrogen) atoms. The Morgan fingerprint density at radius 3 is 1.92 bits per heavy atom. The van der Waals surface area contributed by atoms with Crippen molar-refractivity contribution >= 4 is 5.78 Å². The van der Waals surface area contributed by atoms with Gasteiger partial charge >= 0.3 is 0 Å². The highest BCUT2D eigenvalue weighted by Gasteiger charge is 2.76. The average molecular weight is 164 g/mol. The van der Waals surface area contributed by atoms with E-state index < -0.39 is 0 Å². The number of carbonyl (C=O) groups is 1. The molecule has 0 aliphatic heterocycles. The molecule has 2 bridgehead atoms. The SMILES string of the molecule is CC1(C)C2C[C@@H]3C(=O)[C@H](C2)C31C. The van der Waals surface area contributed by atoms with Gasteiger partial charge in [0.25, 0.3) is 0 Å². The van der Waals surface area contributed by atoms with Crippen LogP contribution in [0.3, 0.4) is 0 Å². The summed E-state index contributed by atoms with van der Waals surface area (Å²) in [7, 11) is 0. The van der Waals surface area contributed by atoms with Crippen LogP contribution in [0.5, 0.6) is 0 Å². The van der Waals surface area contributed by atoms with E-state index in [4.69, 9.17) is 0 Å². The molecule has 0 N–H and O–H groups in total. The molecule has 3 saturated carbocycles. The molecule has 0 saturated heterocycles. The second kappa shape index (κ2) is 1.51. The maximum absolute atomic E-state index is 11.6. The van der Waals surface area contributed by atoms with Gasteiger partial charge in [-0.3, -0.25) is 4.79 Å². The van der Waals surface area contributed by atoms with Gasteiger partial charge in [0.15, 0.2) is 0 Å². The lowest BCUT2D eigenvalue weighted by atomic mass is 9.50. The molecule has 0 spiro atoms. The standard InChI is InChI=1S/C11H16O/c1-10(2)6-4-7-9(12)8(5-6)11(7,10)3/h6-8H,4-5H2,1-3H3/t6?,7-,8+,11?. The number of Topliss-reactive ketones (excluding diaryl/α,β-unsaturated/α-hetero) is 1. The number of carbonyl (C=O) groups excluding carboxylic acids is 1. The van der Waals surface area contributed by atoms with Crippen molar-refractivity contribution in [1.82, 2.24) is 0 Å². The van der Waals surface area contributed by atoms with E-state index in [1.54, 1.807) is 0 Å². The summed E-state index contributed by atoms with van der Waals surface area (Å²) >= 11 is 0. The molecule has 3 aliphatic rings. The van der Waals surface area contributed by atoms with Crippen LogP contribution in [-0.4, -0.2) is 5.78 Å². The van der Waals surface area contributed by atoms with E-state index in [0.29, 0.717) is 28.4 Å². The Balaban J connectivity index is 2.15. The molecule has 4 atom stereocenters. The van der Waals surface area contributed by atoms with Crippen LogP contribution in [0.1, 0.15) is 33.6 Å². The smallest absolute Gasteiger partial charge is 0.140 e. The Morgan fingerprint density at radius 1 is 1.17 bits per heavy atom. The molecule has 3 rings (SSSR count). The van der Waals surface area contributed by atoms with Gasteiger partial charge in [0, 0.05) is 11.8 Å². The van der Waals surface area contributed by atoms with Crippen LogP contribution in [0.15, 0.2) is 0 Å². The lowest BCUT2D eigenvalue weighted by molar-refractivity contribution is -0.156. The summed E-state index contributed by atoms with van der Waals surface area (Å²) in [5.74, 6) is 2.31. The number of hydrogen-bond donors (Lipinski definition) is 0. The van der Waals surface area contributed by atoms with Crippen molar-refractivity contribution in [3.05, 3.63) is 0 Å². The fraction of sp³-hybridized carbons (Fsp3) is 0.909. The third-order valence-electron chi connectivity index (χ3n) is 5.58. The molecule has 0 heterocycles. The van der Waals surface area contributed by atoms with Gasteiger partial charge in [-0.05, 0) is 29.6 Å². The maximum atomic E-state index is 11.6. The van der Waals surface area contributed by atoms with Gasteiger partial charge in [-0.25, -0.2) is 0 Å². The number of fused-ring (bicyclic) bond motifs is 1. The molecule has 1 nitrogen and oxygen atoms in total. The highest BCUT2D eigenvalue weighted by molar-refractivity contribution is 5.94. The van der Waals surface area contributed by atoms with Gasteiger partial charge in [-0.15, -0.1) is 0 Å². The van der Waals surface area contributed by atoms with Crippen molar-refractivity contribution in [2.24, 2.45) is 28.6 Å². The fourth-order valence-corrected chi connectivity index (χ4v) is 4.29. The normalized spacial score (nSPS) is 58.9. The van der Waals surface area contributed by atoms with Crippen molar-refractivity contribution in [2.75, 3.05) is 0 Å². The van der Waals surface area contributed by atoms with Crippen LogP contribution < -0.4 is 0 Å². The van der Waals surface area contributed by atoms with Gasteiger partial charge < -0.3 is 0 Å². The Morgan fingerprint density at radius 2 is 1.67 bits per heavy atom. The van der Waals surface area contributed by atoms with E-state index in [1.807, 2.05) is 0 Å². The monoisotopic (exact) mass is 164 g/mol. The zero-order chi connectivity index (χ0) is 8.72. The Bertz CT molecular complexity index is 261. The van der Waals surface area contributed by atoms with Crippen molar-refractivity contribution in [3.63, 3.8) is 0 Å². The molecule has 66 valence electrons. The first-order chi connectivity index (χ1) is 5.49. The molecule has 0 radical (unpaired) electrons. The molecule has 1 heteroatoms. The fourth-order valence-electron chi connectivity index (χ4n) is 4.29. The van der Waals surface area contributed by atoms with E-state index in [9.17, 15) is 4.79 Å². The minimum absolute atomic E-state index is 0.384. The average Bonchev–Trinajstić information content (AvgIpc) is 2.30. The summed E-state index contributed by atoms with van der Waals surface area (Å²) < 4.78 is 0. The lowest BCUT2D eigenvalue weighted by Gasteiger charge is -2.52. The quantitative estimate of drug-likeness (QED) is 0.536. The van der Waals surface area contributed by atoms with E-state index >= 15 is 0 Å². The largest absolute Gasteiger partial charge is 0.299 e. The summed E-state index contributed by atoms with van der Waals surface area (Å²) in [5, 5.41) is 0. The first kappa shape index (κ1) is 7.11. The summed E-state index contributed by atoms with van der Waals surface area (Å²) in [6.45, 7) is 7.07. The van der Waals surface area contributed by atoms with Gasteiger partial charge in [0.2, 0.25) is 0 Å². The van der Waals surface area contributed by atoms with Crippen molar-refractivity contribution < 1.29 is 4.79 Å². The molecular formula is C11H16O. The van der Waals surface area contributed by atoms with Gasteiger partial charge in [-0.2, -0.15) is 0 Å². The van der Waals surface area contributed by atoms with E-state index in [2.05, 4.69) is 20.8 Å². The van der Waals surface area contributed by atoms with Crippen LogP contribution in [0.4, 0.5) is 0 Å². The second-order valence-electron chi connectivity index (χ2n) is 5.68. The van der Waals surface area contributed by atoms with Gasteiger partial charge in [0.1, 0.15) is 5.78 Å². The van der Waals surface area contributed by atoms with E-state index in [1.165, 1.54) is 12.8 Å². The van der Waals surface area contributed by atoms with Crippen molar-refractivity contribution in [2.45, 2.75) is 33.6 Å². The minimum atomic E-state index is 0.384. The second-order valence-corrected chi connectivity index (χ2v) is 5.68. The highest BCUT2D eigenvalue weighted by atomic mass is 16.1. The maximum Gasteiger partial charge on any atom is 0.140 e. The van der Waals surface area contributed by atoms with Crippen LogP contribution >= 0.6 is 0 Å². The third-order valence-corrected chi connectivity index (χ3v) is 5.58. The molecule has 3 aliphatic carbocycles. The van der Waals surface area contributed by atoms with Crippen molar-refractivity contribution in [1.29, 1.82) is 0 Å². The predicted molar refractivity (Wildman–Crippen MR) is 46.6 cm³/mol. The van der Waals surface area contributed by atoms with Crippen LogP contribution in [0, 0.1) is 28.6 Å². The zero-order valence-corrected chi connectivity index (χ0v) is 8.05. The highest BCUT2D eigenvalue weighted by Crippen LogP contribution is 2.77. The zero-order valence-electron chi connectivity index (χ0n) is 8.05.